The lowest BCUT2D eigenvalue weighted by molar-refractivity contribution is 0.0856. The predicted molar refractivity (Wildman–Crippen MR) is 118 cm³/mol. The maximum Gasteiger partial charge on any atom is 0.267 e. The molecule has 1 aromatic heterocycles. The summed E-state index contributed by atoms with van der Waals surface area (Å²) in [6.07, 6.45) is 3.40. The van der Waals surface area contributed by atoms with Crippen LogP contribution in [0.5, 0.6) is 0 Å². The molecule has 164 valence electrons. The second kappa shape index (κ2) is 9.57. The van der Waals surface area contributed by atoms with Gasteiger partial charge in [-0.1, -0.05) is 12.1 Å². The van der Waals surface area contributed by atoms with Gasteiger partial charge in [0, 0.05) is 30.7 Å². The minimum atomic E-state index is -0.609. The van der Waals surface area contributed by atoms with Crippen molar-refractivity contribution in [2.75, 3.05) is 18.5 Å². The lowest BCUT2D eigenvalue weighted by Gasteiger charge is -2.12. The number of pyridine rings is 1. The maximum atomic E-state index is 13.8. The Morgan fingerprint density at radius 3 is 2.47 bits per heavy atom. The summed E-state index contributed by atoms with van der Waals surface area (Å²) in [5.74, 6) is -1.63. The molecule has 3 aromatic rings. The Morgan fingerprint density at radius 2 is 1.75 bits per heavy atom. The molecule has 0 aliphatic carbocycles. The Morgan fingerprint density at radius 1 is 1.00 bits per heavy atom. The fraction of sp³-hybridized carbons (Fsp3) is 0.208. The lowest BCUT2D eigenvalue weighted by Crippen LogP contribution is -2.36. The molecule has 1 aliphatic rings. The predicted octanol–water partition coefficient (Wildman–Crippen LogP) is 3.14. The SMILES string of the molecule is O=C(Nc1ccc(-n2cccc(C(=O)NC[C@@H]3CCCO3)c2=O)cc1)c1ccccc1F. The fourth-order valence-corrected chi connectivity index (χ4v) is 3.53. The molecule has 8 heteroatoms. The number of hydrogen-bond acceptors (Lipinski definition) is 4. The quantitative estimate of drug-likeness (QED) is 0.623. The average Bonchev–Trinajstić information content (AvgIpc) is 3.32. The first-order valence-electron chi connectivity index (χ1n) is 10.3. The average molecular weight is 435 g/mol. The Bertz CT molecular complexity index is 1180. The summed E-state index contributed by atoms with van der Waals surface area (Å²) in [6, 6.07) is 15.3. The van der Waals surface area contributed by atoms with E-state index in [1.807, 2.05) is 0 Å². The van der Waals surface area contributed by atoms with Crippen LogP contribution in [-0.4, -0.2) is 35.6 Å². The zero-order valence-corrected chi connectivity index (χ0v) is 17.2. The van der Waals surface area contributed by atoms with E-state index in [0.717, 1.165) is 12.8 Å². The van der Waals surface area contributed by atoms with Crippen molar-refractivity contribution in [1.29, 1.82) is 0 Å². The van der Waals surface area contributed by atoms with E-state index in [-0.39, 0.29) is 17.2 Å². The molecule has 1 atom stereocenters. The van der Waals surface area contributed by atoms with Gasteiger partial charge in [-0.05, 0) is 61.4 Å². The molecule has 1 saturated heterocycles. The summed E-state index contributed by atoms with van der Waals surface area (Å²) in [6.45, 7) is 1.05. The number of rotatable bonds is 6. The number of benzene rings is 2. The second-order valence-corrected chi connectivity index (χ2v) is 7.42. The normalized spacial score (nSPS) is 15.3. The van der Waals surface area contributed by atoms with Gasteiger partial charge in [0.15, 0.2) is 0 Å². The van der Waals surface area contributed by atoms with Crippen LogP contribution in [-0.2, 0) is 4.74 Å². The first-order chi connectivity index (χ1) is 15.5. The van der Waals surface area contributed by atoms with Gasteiger partial charge >= 0.3 is 0 Å². The van der Waals surface area contributed by atoms with Crippen molar-refractivity contribution in [2.45, 2.75) is 18.9 Å². The van der Waals surface area contributed by atoms with Crippen LogP contribution in [0, 0.1) is 5.82 Å². The molecule has 2 amide bonds. The zero-order chi connectivity index (χ0) is 22.5. The highest BCUT2D eigenvalue weighted by Crippen LogP contribution is 2.15. The molecule has 1 aliphatic heterocycles. The number of aromatic nitrogens is 1. The summed E-state index contributed by atoms with van der Waals surface area (Å²) >= 11 is 0. The zero-order valence-electron chi connectivity index (χ0n) is 17.2. The minimum absolute atomic E-state index is 0.0167. The second-order valence-electron chi connectivity index (χ2n) is 7.42. The smallest absolute Gasteiger partial charge is 0.267 e. The van der Waals surface area contributed by atoms with Crippen LogP contribution < -0.4 is 16.2 Å². The summed E-state index contributed by atoms with van der Waals surface area (Å²) in [4.78, 5) is 37.6. The van der Waals surface area contributed by atoms with Crippen molar-refractivity contribution in [1.82, 2.24) is 9.88 Å². The number of nitrogens with one attached hydrogen (secondary N) is 2. The Kier molecular flexibility index (Phi) is 6.42. The highest BCUT2D eigenvalue weighted by Gasteiger charge is 2.18. The van der Waals surface area contributed by atoms with Crippen molar-refractivity contribution >= 4 is 17.5 Å². The first kappa shape index (κ1) is 21.5. The van der Waals surface area contributed by atoms with Crippen molar-refractivity contribution in [2.24, 2.45) is 0 Å². The third-order valence-electron chi connectivity index (χ3n) is 5.23. The third kappa shape index (κ3) is 4.76. The Labute approximate surface area is 183 Å². The molecule has 2 N–H and O–H groups in total. The van der Waals surface area contributed by atoms with Gasteiger partial charge in [-0.3, -0.25) is 19.0 Å². The summed E-state index contributed by atoms with van der Waals surface area (Å²) in [7, 11) is 0. The molecule has 0 saturated carbocycles. The molecule has 2 heterocycles. The number of anilines is 1. The molecule has 0 radical (unpaired) electrons. The molecule has 0 unspecified atom stereocenters. The van der Waals surface area contributed by atoms with Crippen LogP contribution in [0.25, 0.3) is 5.69 Å². The van der Waals surface area contributed by atoms with Crippen molar-refractivity contribution < 1.29 is 18.7 Å². The molecular weight excluding hydrogens is 413 g/mol. The van der Waals surface area contributed by atoms with Crippen molar-refractivity contribution in [3.8, 4) is 5.69 Å². The van der Waals surface area contributed by atoms with Gasteiger partial charge < -0.3 is 15.4 Å². The molecule has 32 heavy (non-hydrogen) atoms. The van der Waals surface area contributed by atoms with Gasteiger partial charge in [0.1, 0.15) is 11.4 Å². The minimum Gasteiger partial charge on any atom is -0.376 e. The topological polar surface area (TPSA) is 89.4 Å². The number of ether oxygens (including phenoxy) is 1. The van der Waals surface area contributed by atoms with E-state index < -0.39 is 23.2 Å². The third-order valence-corrected chi connectivity index (χ3v) is 5.23. The van der Waals surface area contributed by atoms with Crippen LogP contribution >= 0.6 is 0 Å². The summed E-state index contributed by atoms with van der Waals surface area (Å²) < 4.78 is 20.6. The van der Waals surface area contributed by atoms with Crippen LogP contribution in [0.15, 0.2) is 71.7 Å². The molecule has 2 aromatic carbocycles. The van der Waals surface area contributed by atoms with E-state index >= 15 is 0 Å². The fourth-order valence-electron chi connectivity index (χ4n) is 3.53. The number of carbonyl (C=O) groups excluding carboxylic acids is 2. The van der Waals surface area contributed by atoms with Crippen molar-refractivity contribution in [3.05, 3.63) is 94.2 Å². The Hall–Kier alpha value is -3.78. The van der Waals surface area contributed by atoms with Gasteiger partial charge in [0.05, 0.1) is 11.7 Å². The van der Waals surface area contributed by atoms with E-state index in [4.69, 9.17) is 4.74 Å². The van der Waals surface area contributed by atoms with Gasteiger partial charge in [0.25, 0.3) is 17.4 Å². The van der Waals surface area contributed by atoms with E-state index in [1.165, 1.54) is 28.8 Å². The Balaban J connectivity index is 1.47. The molecule has 4 rings (SSSR count). The monoisotopic (exact) mass is 435 g/mol. The molecule has 7 nitrogen and oxygen atoms in total. The number of carbonyl (C=O) groups is 2. The molecule has 1 fully saturated rings. The largest absolute Gasteiger partial charge is 0.376 e. The number of halogens is 1. The van der Waals surface area contributed by atoms with E-state index in [0.29, 0.717) is 24.5 Å². The first-order valence-corrected chi connectivity index (χ1v) is 10.3. The van der Waals surface area contributed by atoms with E-state index in [9.17, 15) is 18.8 Å². The van der Waals surface area contributed by atoms with Gasteiger partial charge in [0.2, 0.25) is 0 Å². The highest BCUT2D eigenvalue weighted by atomic mass is 19.1. The molecular formula is C24H22FN3O4. The summed E-state index contributed by atoms with van der Waals surface area (Å²) in [5.41, 5.74) is 0.477. The van der Waals surface area contributed by atoms with E-state index in [2.05, 4.69) is 10.6 Å². The molecule has 0 bridgehead atoms. The number of amides is 2. The van der Waals surface area contributed by atoms with Gasteiger partial charge in [-0.2, -0.15) is 0 Å². The lowest BCUT2D eigenvalue weighted by atomic mass is 10.2. The van der Waals surface area contributed by atoms with Crippen molar-refractivity contribution in [3.63, 3.8) is 0 Å². The van der Waals surface area contributed by atoms with Crippen LogP contribution in [0.2, 0.25) is 0 Å². The summed E-state index contributed by atoms with van der Waals surface area (Å²) in [5, 5.41) is 5.38. The molecule has 0 spiro atoms. The standard InChI is InChI=1S/C24H22FN3O4/c25-21-8-2-1-6-19(21)23(30)27-16-9-11-17(12-10-16)28-13-3-7-20(24(28)31)22(29)26-15-18-5-4-14-32-18/h1-3,6-13,18H,4-5,14-15H2,(H,26,29)(H,27,30)/t18-/m0/s1. The number of hydrogen-bond donors (Lipinski definition) is 2. The number of nitrogens with zero attached hydrogens (tertiary/aromatic N) is 1. The van der Waals surface area contributed by atoms with Crippen LogP contribution in [0.4, 0.5) is 10.1 Å². The van der Waals surface area contributed by atoms with Gasteiger partial charge in [-0.25, -0.2) is 4.39 Å². The highest BCUT2D eigenvalue weighted by molar-refractivity contribution is 6.04. The van der Waals surface area contributed by atoms with Crippen LogP contribution in [0.1, 0.15) is 33.6 Å². The van der Waals surface area contributed by atoms with Crippen LogP contribution in [0.3, 0.4) is 0 Å². The maximum absolute atomic E-state index is 13.8. The van der Waals surface area contributed by atoms with E-state index in [1.54, 1.807) is 42.6 Å². The van der Waals surface area contributed by atoms with Gasteiger partial charge in [-0.15, -0.1) is 0 Å².